The molecule has 0 spiro atoms. The van der Waals surface area contributed by atoms with Gasteiger partial charge in [-0.2, -0.15) is 0 Å². The summed E-state index contributed by atoms with van der Waals surface area (Å²) in [6, 6.07) is 5.36. The third-order valence-electron chi connectivity index (χ3n) is 2.89. The summed E-state index contributed by atoms with van der Waals surface area (Å²) >= 11 is 0. The van der Waals surface area contributed by atoms with E-state index in [2.05, 4.69) is 4.98 Å². The number of hydrogen-bond acceptors (Lipinski definition) is 4. The van der Waals surface area contributed by atoms with E-state index >= 15 is 0 Å². The van der Waals surface area contributed by atoms with Gasteiger partial charge in [0.25, 0.3) is 0 Å². The number of ether oxygens (including phenoxy) is 1. The van der Waals surface area contributed by atoms with Gasteiger partial charge < -0.3 is 10.5 Å². The van der Waals surface area contributed by atoms with Crippen LogP contribution < -0.4 is 5.73 Å². The fourth-order valence-corrected chi connectivity index (χ4v) is 2.00. The summed E-state index contributed by atoms with van der Waals surface area (Å²) in [6.45, 7) is 5.89. The number of rotatable bonds is 3. The van der Waals surface area contributed by atoms with Crippen LogP contribution in [0.2, 0.25) is 0 Å². The smallest absolute Gasteiger partial charge is 0.328 e. The van der Waals surface area contributed by atoms with Crippen LogP contribution in [-0.2, 0) is 9.53 Å². The molecule has 0 aliphatic heterocycles. The molecule has 1 aromatic heterocycles. The molecule has 2 rings (SSSR count). The standard InChI is InChI=1S/C13H17N3O2/c1-4-18-12(17)9(3)16-11-6-5-8(2)7-10(11)15-13(16)14/h5-7,9H,4H2,1-3H3,(H2,14,15). The zero-order valence-corrected chi connectivity index (χ0v) is 10.8. The van der Waals surface area contributed by atoms with Gasteiger partial charge in [-0.1, -0.05) is 6.07 Å². The Morgan fingerprint density at radius 1 is 1.56 bits per heavy atom. The summed E-state index contributed by atoms with van der Waals surface area (Å²) in [7, 11) is 0. The number of nitrogens with zero attached hydrogens (tertiary/aromatic N) is 2. The van der Waals surface area contributed by atoms with E-state index in [0.29, 0.717) is 12.6 Å². The van der Waals surface area contributed by atoms with Crippen LogP contribution in [0.25, 0.3) is 11.0 Å². The summed E-state index contributed by atoms with van der Waals surface area (Å²) in [5.41, 5.74) is 8.63. The molecule has 0 saturated carbocycles. The topological polar surface area (TPSA) is 70.1 Å². The van der Waals surface area contributed by atoms with Crippen molar-refractivity contribution in [3.63, 3.8) is 0 Å². The molecule has 18 heavy (non-hydrogen) atoms. The molecule has 0 aliphatic rings. The minimum atomic E-state index is -0.474. The van der Waals surface area contributed by atoms with E-state index in [1.807, 2.05) is 25.1 Å². The number of fused-ring (bicyclic) bond motifs is 1. The number of imidazole rings is 1. The Bertz CT molecular complexity index is 589. The molecule has 0 amide bonds. The molecule has 5 heteroatoms. The molecular formula is C13H17N3O2. The van der Waals surface area contributed by atoms with Gasteiger partial charge in [-0.3, -0.25) is 4.57 Å². The molecule has 0 saturated heterocycles. The second-order valence-corrected chi connectivity index (χ2v) is 4.26. The predicted molar refractivity (Wildman–Crippen MR) is 70.2 cm³/mol. The van der Waals surface area contributed by atoms with Gasteiger partial charge in [0.05, 0.1) is 17.6 Å². The van der Waals surface area contributed by atoms with Crippen LogP contribution in [0.1, 0.15) is 25.5 Å². The molecule has 1 aromatic carbocycles. The average molecular weight is 247 g/mol. The van der Waals surface area contributed by atoms with E-state index in [1.54, 1.807) is 18.4 Å². The fourth-order valence-electron chi connectivity index (χ4n) is 2.00. The summed E-state index contributed by atoms with van der Waals surface area (Å²) in [6.07, 6.45) is 0. The molecule has 0 bridgehead atoms. The highest BCUT2D eigenvalue weighted by Gasteiger charge is 2.21. The summed E-state index contributed by atoms with van der Waals surface area (Å²) in [5, 5.41) is 0. The molecule has 1 unspecified atom stereocenters. The van der Waals surface area contributed by atoms with Crippen LogP contribution in [-0.4, -0.2) is 22.1 Å². The number of anilines is 1. The largest absolute Gasteiger partial charge is 0.464 e. The van der Waals surface area contributed by atoms with Gasteiger partial charge in [0.2, 0.25) is 5.95 Å². The maximum atomic E-state index is 11.8. The van der Waals surface area contributed by atoms with Gasteiger partial charge in [-0.15, -0.1) is 0 Å². The summed E-state index contributed by atoms with van der Waals surface area (Å²) in [4.78, 5) is 16.0. The molecule has 2 aromatic rings. The lowest BCUT2D eigenvalue weighted by atomic mass is 10.2. The number of aryl methyl sites for hydroxylation is 1. The van der Waals surface area contributed by atoms with Gasteiger partial charge in [-0.25, -0.2) is 9.78 Å². The number of hydrogen-bond donors (Lipinski definition) is 1. The quantitative estimate of drug-likeness (QED) is 0.843. The molecule has 0 fully saturated rings. The third-order valence-corrected chi connectivity index (χ3v) is 2.89. The number of nitrogens with two attached hydrogens (primary N) is 1. The Morgan fingerprint density at radius 2 is 2.28 bits per heavy atom. The Morgan fingerprint density at radius 3 is 2.94 bits per heavy atom. The zero-order chi connectivity index (χ0) is 13.3. The lowest BCUT2D eigenvalue weighted by Crippen LogP contribution is -2.20. The Hall–Kier alpha value is -2.04. The molecule has 5 nitrogen and oxygen atoms in total. The Labute approximate surface area is 106 Å². The number of nitrogen functional groups attached to an aromatic ring is 1. The lowest BCUT2D eigenvalue weighted by molar-refractivity contribution is -0.146. The maximum absolute atomic E-state index is 11.8. The number of carbonyl (C=O) groups excluding carboxylic acids is 1. The van der Waals surface area contributed by atoms with Crippen molar-refractivity contribution >= 4 is 23.0 Å². The highest BCUT2D eigenvalue weighted by Crippen LogP contribution is 2.24. The number of benzene rings is 1. The van der Waals surface area contributed by atoms with Gasteiger partial charge in [-0.05, 0) is 38.5 Å². The minimum Gasteiger partial charge on any atom is -0.464 e. The predicted octanol–water partition coefficient (Wildman–Crippen LogP) is 2.05. The normalized spacial score (nSPS) is 12.6. The SMILES string of the molecule is CCOC(=O)C(C)n1c(N)nc2cc(C)ccc21. The second kappa shape index (κ2) is 4.68. The van der Waals surface area contributed by atoms with Crippen molar-refractivity contribution in [3.05, 3.63) is 23.8 Å². The van der Waals surface area contributed by atoms with Gasteiger partial charge in [0.15, 0.2) is 0 Å². The van der Waals surface area contributed by atoms with Crippen molar-refractivity contribution in [2.45, 2.75) is 26.8 Å². The zero-order valence-electron chi connectivity index (χ0n) is 10.8. The summed E-state index contributed by atoms with van der Waals surface area (Å²) in [5.74, 6) is 0.0280. The molecule has 1 atom stereocenters. The minimum absolute atomic E-state index is 0.302. The fraction of sp³-hybridized carbons (Fsp3) is 0.385. The van der Waals surface area contributed by atoms with Crippen LogP contribution in [0.4, 0.5) is 5.95 Å². The molecule has 1 heterocycles. The van der Waals surface area contributed by atoms with E-state index in [9.17, 15) is 4.79 Å². The van der Waals surface area contributed by atoms with Crippen LogP contribution in [0.3, 0.4) is 0 Å². The summed E-state index contributed by atoms with van der Waals surface area (Å²) < 4.78 is 6.71. The molecule has 96 valence electrons. The number of aromatic nitrogens is 2. The van der Waals surface area contributed by atoms with Crippen LogP contribution in [0.15, 0.2) is 18.2 Å². The first-order chi connectivity index (χ1) is 8.54. The van der Waals surface area contributed by atoms with Crippen molar-refractivity contribution < 1.29 is 9.53 Å². The monoisotopic (exact) mass is 247 g/mol. The molecule has 0 aliphatic carbocycles. The van der Waals surface area contributed by atoms with Gasteiger partial charge in [0, 0.05) is 0 Å². The van der Waals surface area contributed by atoms with E-state index in [0.717, 1.165) is 16.6 Å². The second-order valence-electron chi connectivity index (χ2n) is 4.26. The van der Waals surface area contributed by atoms with Gasteiger partial charge >= 0.3 is 5.97 Å². The Kier molecular flexibility index (Phi) is 3.23. The van der Waals surface area contributed by atoms with Crippen molar-refractivity contribution in [2.24, 2.45) is 0 Å². The van der Waals surface area contributed by atoms with Crippen molar-refractivity contribution in [1.82, 2.24) is 9.55 Å². The van der Waals surface area contributed by atoms with Crippen molar-refractivity contribution in [3.8, 4) is 0 Å². The van der Waals surface area contributed by atoms with Crippen molar-refractivity contribution in [1.29, 1.82) is 0 Å². The van der Waals surface area contributed by atoms with E-state index < -0.39 is 6.04 Å². The maximum Gasteiger partial charge on any atom is 0.328 e. The molecule has 0 radical (unpaired) electrons. The number of carbonyl (C=O) groups is 1. The lowest BCUT2D eigenvalue weighted by Gasteiger charge is -2.14. The number of esters is 1. The van der Waals surface area contributed by atoms with Crippen LogP contribution in [0, 0.1) is 6.92 Å². The first-order valence-corrected chi connectivity index (χ1v) is 5.95. The highest BCUT2D eigenvalue weighted by molar-refractivity contribution is 5.83. The van der Waals surface area contributed by atoms with Crippen LogP contribution >= 0.6 is 0 Å². The van der Waals surface area contributed by atoms with E-state index in [4.69, 9.17) is 10.5 Å². The Balaban J connectivity index is 2.50. The van der Waals surface area contributed by atoms with E-state index in [-0.39, 0.29) is 5.97 Å². The van der Waals surface area contributed by atoms with Crippen molar-refractivity contribution in [2.75, 3.05) is 12.3 Å². The first-order valence-electron chi connectivity index (χ1n) is 5.95. The van der Waals surface area contributed by atoms with Crippen LogP contribution in [0.5, 0.6) is 0 Å². The first kappa shape index (κ1) is 12.4. The average Bonchev–Trinajstić information content (AvgIpc) is 2.63. The molecular weight excluding hydrogens is 230 g/mol. The molecule has 2 N–H and O–H groups in total. The van der Waals surface area contributed by atoms with E-state index in [1.165, 1.54) is 0 Å². The van der Waals surface area contributed by atoms with Gasteiger partial charge in [0.1, 0.15) is 6.04 Å². The highest BCUT2D eigenvalue weighted by atomic mass is 16.5. The third kappa shape index (κ3) is 2.03.